The Labute approximate surface area is 172 Å². The number of hydrogen-bond acceptors (Lipinski definition) is 4. The van der Waals surface area contributed by atoms with Gasteiger partial charge in [-0.3, -0.25) is 0 Å². The van der Waals surface area contributed by atoms with Gasteiger partial charge in [0.15, 0.2) is 5.65 Å². The van der Waals surface area contributed by atoms with Gasteiger partial charge in [-0.2, -0.15) is 9.61 Å². The quantitative estimate of drug-likeness (QED) is 0.615. The molecule has 0 radical (unpaired) electrons. The SMILES string of the molecule is CCC(CC)Nc1c2c(nc3c(-c4ccccc4OC)c(C)nn13)CCC2.Cl. The van der Waals surface area contributed by atoms with E-state index in [0.717, 1.165) is 66.1 Å². The van der Waals surface area contributed by atoms with Crippen molar-refractivity contribution >= 4 is 23.9 Å². The van der Waals surface area contributed by atoms with Gasteiger partial charge in [-0.05, 0) is 45.1 Å². The average Bonchev–Trinajstić information content (AvgIpc) is 3.29. The maximum Gasteiger partial charge on any atom is 0.165 e. The summed E-state index contributed by atoms with van der Waals surface area (Å²) in [5.74, 6) is 1.98. The lowest BCUT2D eigenvalue weighted by Gasteiger charge is -2.20. The summed E-state index contributed by atoms with van der Waals surface area (Å²) in [4.78, 5) is 5.05. The fourth-order valence-electron chi connectivity index (χ4n) is 4.14. The number of nitrogens with zero attached hydrogens (tertiary/aromatic N) is 3. The van der Waals surface area contributed by atoms with Crippen LogP contribution in [0.25, 0.3) is 16.8 Å². The highest BCUT2D eigenvalue weighted by molar-refractivity contribution is 5.85. The van der Waals surface area contributed by atoms with E-state index in [2.05, 4.69) is 32.2 Å². The van der Waals surface area contributed by atoms with Crippen molar-refractivity contribution in [2.75, 3.05) is 12.4 Å². The normalized spacial score (nSPS) is 12.9. The van der Waals surface area contributed by atoms with E-state index in [-0.39, 0.29) is 12.4 Å². The molecule has 0 aliphatic heterocycles. The van der Waals surface area contributed by atoms with Crippen LogP contribution in [0.4, 0.5) is 5.82 Å². The van der Waals surface area contributed by atoms with E-state index in [1.807, 2.05) is 22.7 Å². The number of rotatable bonds is 6. The lowest BCUT2D eigenvalue weighted by Crippen LogP contribution is -2.21. The zero-order chi connectivity index (χ0) is 19.0. The summed E-state index contributed by atoms with van der Waals surface area (Å²) in [5, 5.41) is 8.67. The van der Waals surface area contributed by atoms with Crippen LogP contribution in [-0.4, -0.2) is 27.7 Å². The van der Waals surface area contributed by atoms with Crippen molar-refractivity contribution in [2.24, 2.45) is 0 Å². The van der Waals surface area contributed by atoms with E-state index in [1.54, 1.807) is 7.11 Å². The van der Waals surface area contributed by atoms with Crippen LogP contribution in [0.1, 0.15) is 50.1 Å². The molecule has 2 heterocycles. The smallest absolute Gasteiger partial charge is 0.165 e. The van der Waals surface area contributed by atoms with Crippen LogP contribution in [0.5, 0.6) is 5.75 Å². The molecule has 0 fully saturated rings. The molecule has 3 aromatic rings. The molecule has 1 N–H and O–H groups in total. The zero-order valence-electron chi connectivity index (χ0n) is 17.1. The number of halogens is 1. The van der Waals surface area contributed by atoms with Crippen LogP contribution in [-0.2, 0) is 12.8 Å². The van der Waals surface area contributed by atoms with Crippen molar-refractivity contribution in [2.45, 2.75) is 58.9 Å². The van der Waals surface area contributed by atoms with E-state index >= 15 is 0 Å². The third-order valence-electron chi connectivity index (χ3n) is 5.67. The summed E-state index contributed by atoms with van der Waals surface area (Å²) in [7, 11) is 1.71. The average molecular weight is 401 g/mol. The molecule has 0 bridgehead atoms. The van der Waals surface area contributed by atoms with Crippen molar-refractivity contribution in [3.05, 3.63) is 41.2 Å². The predicted molar refractivity (Wildman–Crippen MR) is 117 cm³/mol. The Bertz CT molecular complexity index is 978. The van der Waals surface area contributed by atoms with E-state index in [4.69, 9.17) is 14.8 Å². The summed E-state index contributed by atoms with van der Waals surface area (Å²) in [6, 6.07) is 8.56. The van der Waals surface area contributed by atoms with Crippen molar-refractivity contribution in [3.8, 4) is 16.9 Å². The van der Waals surface area contributed by atoms with Gasteiger partial charge < -0.3 is 10.1 Å². The fourth-order valence-corrected chi connectivity index (χ4v) is 4.14. The van der Waals surface area contributed by atoms with E-state index in [1.165, 1.54) is 11.3 Å². The Hall–Kier alpha value is -2.27. The molecule has 0 atom stereocenters. The van der Waals surface area contributed by atoms with Gasteiger partial charge >= 0.3 is 0 Å². The van der Waals surface area contributed by atoms with E-state index in [9.17, 15) is 0 Å². The van der Waals surface area contributed by atoms with Crippen molar-refractivity contribution in [1.29, 1.82) is 0 Å². The van der Waals surface area contributed by atoms with Crippen molar-refractivity contribution < 1.29 is 4.74 Å². The van der Waals surface area contributed by atoms with Gasteiger partial charge in [0, 0.05) is 22.9 Å². The number of anilines is 1. The molecule has 0 saturated carbocycles. The van der Waals surface area contributed by atoms with E-state index in [0.29, 0.717) is 6.04 Å². The second-order valence-electron chi connectivity index (χ2n) is 7.29. The monoisotopic (exact) mass is 400 g/mol. The van der Waals surface area contributed by atoms with E-state index < -0.39 is 0 Å². The van der Waals surface area contributed by atoms with Gasteiger partial charge in [0.1, 0.15) is 11.6 Å². The summed E-state index contributed by atoms with van der Waals surface area (Å²) >= 11 is 0. The fraction of sp³-hybridized carbons (Fsp3) is 0.455. The van der Waals surface area contributed by atoms with Gasteiger partial charge in [-0.25, -0.2) is 4.98 Å². The van der Waals surface area contributed by atoms with Gasteiger partial charge in [0.25, 0.3) is 0 Å². The molecular formula is C22H29ClN4O. The Kier molecular flexibility index (Phi) is 6.14. The predicted octanol–water partition coefficient (Wildman–Crippen LogP) is 5.22. The molecule has 0 saturated heterocycles. The molecule has 28 heavy (non-hydrogen) atoms. The maximum atomic E-state index is 5.61. The number of ether oxygens (including phenoxy) is 1. The molecule has 4 rings (SSSR count). The lowest BCUT2D eigenvalue weighted by molar-refractivity contribution is 0.416. The first kappa shape index (κ1) is 20.5. The molecule has 0 amide bonds. The Balaban J connectivity index is 0.00000225. The zero-order valence-corrected chi connectivity index (χ0v) is 17.9. The molecule has 0 unspecified atom stereocenters. The number of hydrogen-bond donors (Lipinski definition) is 1. The summed E-state index contributed by atoms with van der Waals surface area (Å²) < 4.78 is 7.64. The first-order valence-electron chi connectivity index (χ1n) is 9.98. The van der Waals surface area contributed by atoms with Gasteiger partial charge in [-0.15, -0.1) is 12.4 Å². The number of fused-ring (bicyclic) bond motifs is 2. The Morgan fingerprint density at radius 3 is 2.64 bits per heavy atom. The molecule has 6 heteroatoms. The number of aromatic nitrogens is 3. The van der Waals surface area contributed by atoms with Crippen LogP contribution in [0.3, 0.4) is 0 Å². The number of para-hydroxylation sites is 1. The highest BCUT2D eigenvalue weighted by atomic mass is 35.5. The van der Waals surface area contributed by atoms with Crippen LogP contribution in [0.2, 0.25) is 0 Å². The minimum Gasteiger partial charge on any atom is -0.496 e. The molecular weight excluding hydrogens is 372 g/mol. The molecule has 5 nitrogen and oxygen atoms in total. The van der Waals surface area contributed by atoms with Crippen molar-refractivity contribution in [3.63, 3.8) is 0 Å². The third kappa shape index (κ3) is 3.32. The van der Waals surface area contributed by atoms with Crippen molar-refractivity contribution in [1.82, 2.24) is 14.6 Å². The molecule has 2 aromatic heterocycles. The van der Waals surface area contributed by atoms with Crippen LogP contribution >= 0.6 is 12.4 Å². The topological polar surface area (TPSA) is 51.5 Å². The maximum absolute atomic E-state index is 5.61. The highest BCUT2D eigenvalue weighted by Gasteiger charge is 2.25. The number of aryl methyl sites for hydroxylation is 2. The highest BCUT2D eigenvalue weighted by Crippen LogP contribution is 2.38. The van der Waals surface area contributed by atoms with Gasteiger partial charge in [-0.1, -0.05) is 32.0 Å². The molecule has 1 aliphatic carbocycles. The summed E-state index contributed by atoms with van der Waals surface area (Å²) in [6.07, 6.45) is 5.46. The second-order valence-corrected chi connectivity index (χ2v) is 7.29. The molecule has 1 aliphatic rings. The largest absolute Gasteiger partial charge is 0.496 e. The molecule has 0 spiro atoms. The minimum atomic E-state index is 0. The molecule has 150 valence electrons. The van der Waals surface area contributed by atoms with Crippen LogP contribution in [0.15, 0.2) is 24.3 Å². The summed E-state index contributed by atoms with van der Waals surface area (Å²) in [5.41, 5.74) is 6.56. The second kappa shape index (κ2) is 8.39. The Morgan fingerprint density at radius 2 is 1.93 bits per heavy atom. The standard InChI is InChI=1S/C22H28N4O.ClH/c1-5-15(6-2)23-21-16-11-9-12-18(16)24-22-20(14(3)25-26(21)22)17-10-7-8-13-19(17)27-4;/h7-8,10,13,15,23H,5-6,9,11-12H2,1-4H3;1H. The Morgan fingerprint density at radius 1 is 1.18 bits per heavy atom. The first-order valence-corrected chi connectivity index (χ1v) is 9.98. The lowest BCUT2D eigenvalue weighted by atomic mass is 10.0. The minimum absolute atomic E-state index is 0. The number of methoxy groups -OCH3 is 1. The van der Waals surface area contributed by atoms with Gasteiger partial charge in [0.05, 0.1) is 18.4 Å². The number of nitrogens with one attached hydrogen (secondary N) is 1. The van der Waals surface area contributed by atoms with Gasteiger partial charge in [0.2, 0.25) is 0 Å². The van der Waals surface area contributed by atoms with Crippen LogP contribution < -0.4 is 10.1 Å². The third-order valence-corrected chi connectivity index (χ3v) is 5.67. The molecule has 1 aromatic carbocycles. The number of benzene rings is 1. The summed E-state index contributed by atoms with van der Waals surface area (Å²) in [6.45, 7) is 6.52. The van der Waals surface area contributed by atoms with Crippen LogP contribution in [0, 0.1) is 6.92 Å². The first-order chi connectivity index (χ1) is 13.2.